The first-order valence-electron chi connectivity index (χ1n) is 11.6. The lowest BCUT2D eigenvalue weighted by molar-refractivity contribution is -0.119. The molecule has 1 saturated carbocycles. The second-order valence-electron chi connectivity index (χ2n) is 8.85. The molecule has 3 heterocycles. The Hall–Kier alpha value is -2.60. The van der Waals surface area contributed by atoms with Crippen LogP contribution in [0.4, 0.5) is 10.2 Å². The van der Waals surface area contributed by atoms with Crippen molar-refractivity contribution < 1.29 is 21.6 Å². The van der Waals surface area contributed by atoms with Gasteiger partial charge in [-0.05, 0) is 54.7 Å². The van der Waals surface area contributed by atoms with Crippen LogP contribution in [-0.4, -0.2) is 46.1 Å². The van der Waals surface area contributed by atoms with Crippen LogP contribution in [0.15, 0.2) is 30.7 Å². The summed E-state index contributed by atoms with van der Waals surface area (Å²) in [6.45, 7) is 4.71. The van der Waals surface area contributed by atoms with Gasteiger partial charge in [-0.3, -0.25) is 9.59 Å². The third-order valence-electron chi connectivity index (χ3n) is 6.28. The maximum Gasteiger partial charge on any atom is 0.217 e. The highest BCUT2D eigenvalue weighted by atomic mass is 127. The lowest BCUT2D eigenvalue weighted by atomic mass is 9.95. The molecule has 2 fully saturated rings. The number of amides is 2. The van der Waals surface area contributed by atoms with Gasteiger partial charge in [0.05, 0.1) is 31.1 Å². The number of hydrogen-bond acceptors (Lipinski definition) is 5. The minimum Gasteiger partial charge on any atom is -0.377 e. The van der Waals surface area contributed by atoms with Gasteiger partial charge in [-0.25, -0.2) is 14.4 Å². The molecule has 0 unspecified atom stereocenters. The Labute approximate surface area is 224 Å². The molecule has 2 aliphatic rings. The Morgan fingerprint density at radius 1 is 1.20 bits per heavy atom. The van der Waals surface area contributed by atoms with E-state index in [0.29, 0.717) is 37.0 Å². The molecule has 2 N–H and O–H groups in total. The topological polar surface area (TPSA) is 98.1 Å². The summed E-state index contributed by atoms with van der Waals surface area (Å²) in [5.41, 5.74) is 3.51. The van der Waals surface area contributed by atoms with Crippen LogP contribution >= 0.6 is 24.0 Å². The van der Waals surface area contributed by atoms with Crippen molar-refractivity contribution in [2.75, 3.05) is 18.5 Å². The van der Waals surface area contributed by atoms with E-state index in [-0.39, 0.29) is 44.6 Å². The number of aromatic nitrogens is 3. The Kier molecular flexibility index (Phi) is 9.55. The van der Waals surface area contributed by atoms with E-state index < -0.39 is 0 Å². The van der Waals surface area contributed by atoms with Gasteiger partial charge in [0.15, 0.2) is 5.82 Å². The highest BCUT2D eigenvalue weighted by molar-refractivity contribution is 14.0. The molecule has 0 radical (unpaired) electrons. The smallest absolute Gasteiger partial charge is 0.217 e. The first-order chi connectivity index (χ1) is 16.5. The normalized spacial score (nSPS) is 15.9. The highest BCUT2D eigenvalue weighted by Gasteiger charge is 2.23. The number of anilines is 1. The van der Waals surface area contributed by atoms with E-state index in [9.17, 15) is 14.0 Å². The largest absolute Gasteiger partial charge is 0.377 e. The van der Waals surface area contributed by atoms with Crippen LogP contribution in [0.3, 0.4) is 0 Å². The predicted octanol–water partition coefficient (Wildman–Crippen LogP) is 5.25. The van der Waals surface area contributed by atoms with Crippen molar-refractivity contribution in [2.45, 2.75) is 58.0 Å². The number of benzene rings is 1. The molecule has 10 heteroatoms. The Morgan fingerprint density at radius 2 is 1.94 bits per heavy atom. The molecule has 5 rings (SSSR count). The third-order valence-corrected chi connectivity index (χ3v) is 6.28. The number of halogens is 2. The number of ether oxygens (including phenoxy) is 1. The van der Waals surface area contributed by atoms with Crippen LogP contribution in [0.1, 0.15) is 53.5 Å². The van der Waals surface area contributed by atoms with Crippen LogP contribution in [0.2, 0.25) is 0 Å². The van der Waals surface area contributed by atoms with Crippen molar-refractivity contribution in [2.24, 2.45) is 0 Å². The van der Waals surface area contributed by atoms with Gasteiger partial charge in [-0.2, -0.15) is 0 Å². The zero-order valence-corrected chi connectivity index (χ0v) is 22.3. The molecule has 2 amide bonds. The number of rotatable bonds is 5. The van der Waals surface area contributed by atoms with Crippen molar-refractivity contribution in [3.8, 4) is 11.1 Å². The second kappa shape index (κ2) is 12.4. The van der Waals surface area contributed by atoms with Crippen LogP contribution in [0, 0.1) is 12.7 Å². The maximum atomic E-state index is 14.5. The van der Waals surface area contributed by atoms with E-state index in [0.717, 1.165) is 22.2 Å². The van der Waals surface area contributed by atoms with Gasteiger partial charge in [-0.15, -0.1) is 24.0 Å². The first-order valence-corrected chi connectivity index (χ1v) is 11.6. The van der Waals surface area contributed by atoms with Crippen molar-refractivity contribution in [1.29, 1.82) is 0 Å². The van der Waals surface area contributed by atoms with Gasteiger partial charge in [-0.1, -0.05) is 19.3 Å². The van der Waals surface area contributed by atoms with Crippen LogP contribution in [0.5, 0.6) is 0 Å². The summed E-state index contributed by atoms with van der Waals surface area (Å²) in [7, 11) is 0. The van der Waals surface area contributed by atoms with Crippen molar-refractivity contribution in [3.05, 3.63) is 42.1 Å². The summed E-state index contributed by atoms with van der Waals surface area (Å²) in [5, 5.41) is 5.46. The van der Waals surface area contributed by atoms with E-state index in [1.807, 2.05) is 17.6 Å². The molecule has 0 spiro atoms. The van der Waals surface area contributed by atoms with Crippen molar-refractivity contribution in [3.63, 3.8) is 0 Å². The van der Waals surface area contributed by atoms with Gasteiger partial charge >= 0.3 is 0 Å². The third kappa shape index (κ3) is 6.54. The number of hydrogen-bond donors (Lipinski definition) is 2. The van der Waals surface area contributed by atoms with E-state index in [1.54, 1.807) is 25.5 Å². The molecular formula is C25H35FIN5O3. The van der Waals surface area contributed by atoms with Crippen molar-refractivity contribution in [1.82, 2.24) is 19.9 Å². The van der Waals surface area contributed by atoms with Crippen LogP contribution < -0.4 is 10.6 Å². The number of fused-ring (bicyclic) bond motifs is 1. The molecule has 3 aromatic rings. The molecular weight excluding hydrogens is 564 g/mol. The van der Waals surface area contributed by atoms with E-state index in [1.165, 1.54) is 38.2 Å². The zero-order chi connectivity index (χ0) is 24.1. The molecule has 8 nitrogen and oxygen atoms in total. The minimum atomic E-state index is -0.373. The van der Waals surface area contributed by atoms with E-state index in [2.05, 4.69) is 20.6 Å². The van der Waals surface area contributed by atoms with Crippen molar-refractivity contribution >= 4 is 53.1 Å². The first kappa shape index (κ1) is 27.0. The summed E-state index contributed by atoms with van der Waals surface area (Å²) >= 11 is 0. The Balaban J connectivity index is 0.000000453. The predicted molar refractivity (Wildman–Crippen MR) is 148 cm³/mol. The summed E-state index contributed by atoms with van der Waals surface area (Å²) in [5.74, 6) is 0.168. The van der Waals surface area contributed by atoms with Gasteiger partial charge in [0.1, 0.15) is 11.3 Å². The molecule has 1 aromatic carbocycles. The number of nitrogens with zero attached hydrogens (tertiary/aromatic N) is 3. The fraction of sp³-hybridized carbons (Fsp3) is 0.440. The molecule has 0 bridgehead atoms. The standard InChI is InChI=1S/C17H15FN4O2.C8H15NO.HI.2H2/c1-10-5-19-16(21-9-23)4-13(10)11-2-14(18)17-15(3-11)22(8-20-17)12-6-24-7-12;1-7(10)9-8-5-3-2-4-6-8;;;/h2-5,8-9,12H,6-7H2,1H3,(H,19,21,23);8H,2-6H2,1H3,(H,9,10);3*1H. The van der Waals surface area contributed by atoms with Gasteiger partial charge in [0, 0.05) is 22.0 Å². The number of carbonyl (C=O) groups is 2. The molecule has 2 aromatic heterocycles. The fourth-order valence-electron chi connectivity index (χ4n) is 4.43. The number of nitrogens with one attached hydrogen (secondary N) is 2. The summed E-state index contributed by atoms with van der Waals surface area (Å²) in [6.07, 6.45) is 10.1. The monoisotopic (exact) mass is 599 g/mol. The summed E-state index contributed by atoms with van der Waals surface area (Å²) in [6, 6.07) is 5.78. The van der Waals surface area contributed by atoms with Gasteiger partial charge in [0.25, 0.3) is 0 Å². The van der Waals surface area contributed by atoms with Crippen LogP contribution in [-0.2, 0) is 14.3 Å². The van der Waals surface area contributed by atoms with Gasteiger partial charge < -0.3 is 19.9 Å². The van der Waals surface area contributed by atoms with E-state index in [4.69, 9.17) is 4.74 Å². The fourth-order valence-corrected chi connectivity index (χ4v) is 4.43. The SMILES string of the molecule is CC(=O)NC1CCCCC1.Cc1cnc(NC=O)cc1-c1cc(F)c2ncn(C3COC3)c2c1.I.[HH].[HH]. The molecule has 0 atom stereocenters. The van der Waals surface area contributed by atoms with Crippen LogP contribution in [0.25, 0.3) is 22.2 Å². The number of aryl methyl sites for hydroxylation is 1. The minimum absolute atomic E-state index is 0. The molecule has 35 heavy (non-hydrogen) atoms. The summed E-state index contributed by atoms with van der Waals surface area (Å²) in [4.78, 5) is 29.5. The lowest BCUT2D eigenvalue weighted by Crippen LogP contribution is -2.34. The lowest BCUT2D eigenvalue weighted by Gasteiger charge is -2.27. The second-order valence-corrected chi connectivity index (χ2v) is 8.85. The van der Waals surface area contributed by atoms with E-state index >= 15 is 0 Å². The quantitative estimate of drug-likeness (QED) is 0.309. The molecule has 1 aliphatic carbocycles. The average molecular weight is 599 g/mol. The Morgan fingerprint density at radius 3 is 2.57 bits per heavy atom. The maximum absolute atomic E-state index is 14.5. The summed E-state index contributed by atoms with van der Waals surface area (Å²) < 4.78 is 21.7. The number of carbonyl (C=O) groups excluding carboxylic acids is 2. The highest BCUT2D eigenvalue weighted by Crippen LogP contribution is 2.32. The number of pyridine rings is 1. The molecule has 192 valence electrons. The molecule has 1 saturated heterocycles. The average Bonchev–Trinajstić information content (AvgIpc) is 3.19. The zero-order valence-electron chi connectivity index (χ0n) is 19.9. The number of imidazole rings is 1. The Bertz CT molecular complexity index is 1190. The van der Waals surface area contributed by atoms with Gasteiger partial charge in [0.2, 0.25) is 12.3 Å². The molecule has 1 aliphatic heterocycles.